The van der Waals surface area contributed by atoms with Gasteiger partial charge < -0.3 is 4.74 Å². The lowest BCUT2D eigenvalue weighted by molar-refractivity contribution is 0.405. The molecule has 2 heteroatoms. The average Bonchev–Trinajstić information content (AvgIpc) is 2.26. The molecule has 0 saturated heterocycles. The van der Waals surface area contributed by atoms with Gasteiger partial charge in [0.15, 0.2) is 0 Å². The van der Waals surface area contributed by atoms with Crippen LogP contribution in [0.3, 0.4) is 0 Å². The van der Waals surface area contributed by atoms with Crippen molar-refractivity contribution < 1.29 is 4.74 Å². The average molecular weight is 189 g/mol. The fourth-order valence-electron chi connectivity index (χ4n) is 1.53. The molecule has 0 radical (unpaired) electrons. The van der Waals surface area contributed by atoms with E-state index in [0.717, 1.165) is 23.3 Å². The first-order valence-corrected chi connectivity index (χ1v) is 4.81. The lowest BCUT2D eigenvalue weighted by atomic mass is 9.93. The van der Waals surface area contributed by atoms with Crippen molar-refractivity contribution in [1.82, 2.24) is 0 Å². The Bertz CT molecular complexity index is 352. The molecule has 0 aliphatic heterocycles. The highest BCUT2D eigenvalue weighted by Crippen LogP contribution is 2.31. The van der Waals surface area contributed by atoms with Crippen LogP contribution in [0.25, 0.3) is 0 Å². The minimum atomic E-state index is 0.362. The van der Waals surface area contributed by atoms with E-state index < -0.39 is 0 Å². The maximum atomic E-state index is 8.98. The SMILES string of the molecule is CCC(C)c1c(C#N)cccc1OC. The van der Waals surface area contributed by atoms with Gasteiger partial charge in [-0.3, -0.25) is 0 Å². The molecule has 0 heterocycles. The third kappa shape index (κ3) is 1.88. The van der Waals surface area contributed by atoms with Gasteiger partial charge in [0.25, 0.3) is 0 Å². The van der Waals surface area contributed by atoms with Crippen LogP contribution in [0.1, 0.15) is 37.3 Å². The highest BCUT2D eigenvalue weighted by molar-refractivity contribution is 5.48. The molecule has 2 nitrogen and oxygen atoms in total. The predicted molar refractivity (Wildman–Crippen MR) is 56.4 cm³/mol. The van der Waals surface area contributed by atoms with Crippen LogP contribution < -0.4 is 4.74 Å². The summed E-state index contributed by atoms with van der Waals surface area (Å²) < 4.78 is 5.26. The number of benzene rings is 1. The molecule has 1 atom stereocenters. The first-order valence-electron chi connectivity index (χ1n) is 4.81. The van der Waals surface area contributed by atoms with E-state index in [2.05, 4.69) is 19.9 Å². The van der Waals surface area contributed by atoms with Crippen LogP contribution in [0, 0.1) is 11.3 Å². The van der Waals surface area contributed by atoms with E-state index in [4.69, 9.17) is 10.00 Å². The van der Waals surface area contributed by atoms with Crippen molar-refractivity contribution in [3.8, 4) is 11.8 Å². The molecule has 0 aromatic heterocycles. The van der Waals surface area contributed by atoms with E-state index in [9.17, 15) is 0 Å². The van der Waals surface area contributed by atoms with Gasteiger partial charge in [-0.1, -0.05) is 19.9 Å². The molecule has 1 aromatic carbocycles. The third-order valence-corrected chi connectivity index (χ3v) is 2.51. The second-order valence-electron chi connectivity index (χ2n) is 3.34. The summed E-state index contributed by atoms with van der Waals surface area (Å²) in [6, 6.07) is 7.80. The van der Waals surface area contributed by atoms with E-state index in [0.29, 0.717) is 5.92 Å². The first-order chi connectivity index (χ1) is 6.74. The lowest BCUT2D eigenvalue weighted by Crippen LogP contribution is -1.99. The Kier molecular flexibility index (Phi) is 3.53. The molecule has 14 heavy (non-hydrogen) atoms. The smallest absolute Gasteiger partial charge is 0.123 e. The highest BCUT2D eigenvalue weighted by Gasteiger charge is 2.13. The third-order valence-electron chi connectivity index (χ3n) is 2.51. The Morgan fingerprint density at radius 1 is 1.50 bits per heavy atom. The molecule has 1 aromatic rings. The molecule has 0 fully saturated rings. The van der Waals surface area contributed by atoms with E-state index in [1.54, 1.807) is 7.11 Å². The Labute approximate surface area is 85.1 Å². The van der Waals surface area contributed by atoms with Crippen LogP contribution in [-0.2, 0) is 0 Å². The minimum absolute atomic E-state index is 0.362. The minimum Gasteiger partial charge on any atom is -0.496 e. The van der Waals surface area contributed by atoms with Crippen LogP contribution in [0.15, 0.2) is 18.2 Å². The maximum absolute atomic E-state index is 8.98. The molecule has 74 valence electrons. The van der Waals surface area contributed by atoms with E-state index in [1.165, 1.54) is 0 Å². The van der Waals surface area contributed by atoms with Gasteiger partial charge >= 0.3 is 0 Å². The van der Waals surface area contributed by atoms with Gasteiger partial charge in [-0.05, 0) is 24.5 Å². The summed E-state index contributed by atoms with van der Waals surface area (Å²) >= 11 is 0. The zero-order chi connectivity index (χ0) is 10.6. The summed E-state index contributed by atoms with van der Waals surface area (Å²) in [5, 5.41) is 8.98. The van der Waals surface area contributed by atoms with Crippen molar-refractivity contribution in [3.05, 3.63) is 29.3 Å². The molecule has 0 aliphatic rings. The molecule has 0 N–H and O–H groups in total. The van der Waals surface area contributed by atoms with E-state index >= 15 is 0 Å². The van der Waals surface area contributed by atoms with E-state index in [1.807, 2.05) is 18.2 Å². The second kappa shape index (κ2) is 4.66. The largest absolute Gasteiger partial charge is 0.496 e. The summed E-state index contributed by atoms with van der Waals surface area (Å²) in [5.41, 5.74) is 1.75. The molecule has 0 aliphatic carbocycles. The van der Waals surface area contributed by atoms with Crippen molar-refractivity contribution in [2.45, 2.75) is 26.2 Å². The number of ether oxygens (including phenoxy) is 1. The summed E-state index contributed by atoms with van der Waals surface area (Å²) in [7, 11) is 1.64. The summed E-state index contributed by atoms with van der Waals surface area (Å²) in [4.78, 5) is 0. The monoisotopic (exact) mass is 189 g/mol. The summed E-state index contributed by atoms with van der Waals surface area (Å²) in [6.07, 6.45) is 1.01. The van der Waals surface area contributed by atoms with Gasteiger partial charge in [0.1, 0.15) is 5.75 Å². The highest BCUT2D eigenvalue weighted by atomic mass is 16.5. The molecule has 0 bridgehead atoms. The molecule has 0 amide bonds. The fourth-order valence-corrected chi connectivity index (χ4v) is 1.53. The topological polar surface area (TPSA) is 33.0 Å². The predicted octanol–water partition coefficient (Wildman–Crippen LogP) is 3.08. The van der Waals surface area contributed by atoms with Crippen LogP contribution in [-0.4, -0.2) is 7.11 Å². The standard InChI is InChI=1S/C12H15NO/c1-4-9(2)12-10(8-13)6-5-7-11(12)14-3/h5-7,9H,4H2,1-3H3. The lowest BCUT2D eigenvalue weighted by Gasteiger charge is -2.15. The van der Waals surface area contributed by atoms with Crippen LogP contribution >= 0.6 is 0 Å². The van der Waals surface area contributed by atoms with Gasteiger partial charge in [0, 0.05) is 5.56 Å². The van der Waals surface area contributed by atoms with Crippen molar-refractivity contribution in [1.29, 1.82) is 5.26 Å². The number of hydrogen-bond donors (Lipinski definition) is 0. The Morgan fingerprint density at radius 2 is 2.21 bits per heavy atom. The normalized spacial score (nSPS) is 11.9. The number of nitriles is 1. The molecular formula is C12H15NO. The zero-order valence-electron chi connectivity index (χ0n) is 8.87. The maximum Gasteiger partial charge on any atom is 0.123 e. The Hall–Kier alpha value is -1.49. The van der Waals surface area contributed by atoms with Gasteiger partial charge in [-0.25, -0.2) is 0 Å². The molecular weight excluding hydrogens is 174 g/mol. The molecule has 0 spiro atoms. The fraction of sp³-hybridized carbons (Fsp3) is 0.417. The Balaban J connectivity index is 3.27. The van der Waals surface area contributed by atoms with E-state index in [-0.39, 0.29) is 0 Å². The van der Waals surface area contributed by atoms with Crippen LogP contribution in [0.5, 0.6) is 5.75 Å². The van der Waals surface area contributed by atoms with Crippen molar-refractivity contribution in [2.75, 3.05) is 7.11 Å². The Morgan fingerprint density at radius 3 is 2.71 bits per heavy atom. The number of methoxy groups -OCH3 is 1. The summed E-state index contributed by atoms with van der Waals surface area (Å²) in [6.45, 7) is 4.22. The number of rotatable bonds is 3. The molecule has 1 unspecified atom stereocenters. The number of nitrogens with zero attached hydrogens (tertiary/aromatic N) is 1. The zero-order valence-corrected chi connectivity index (χ0v) is 8.87. The van der Waals surface area contributed by atoms with Crippen molar-refractivity contribution in [3.63, 3.8) is 0 Å². The quantitative estimate of drug-likeness (QED) is 0.732. The second-order valence-corrected chi connectivity index (χ2v) is 3.34. The first kappa shape index (κ1) is 10.6. The van der Waals surface area contributed by atoms with Crippen LogP contribution in [0.4, 0.5) is 0 Å². The molecule has 0 saturated carbocycles. The van der Waals surface area contributed by atoms with Gasteiger partial charge in [0.2, 0.25) is 0 Å². The van der Waals surface area contributed by atoms with Gasteiger partial charge in [-0.15, -0.1) is 0 Å². The van der Waals surface area contributed by atoms with Crippen molar-refractivity contribution >= 4 is 0 Å². The van der Waals surface area contributed by atoms with Gasteiger partial charge in [-0.2, -0.15) is 5.26 Å². The van der Waals surface area contributed by atoms with Gasteiger partial charge in [0.05, 0.1) is 18.7 Å². The van der Waals surface area contributed by atoms with Crippen molar-refractivity contribution in [2.24, 2.45) is 0 Å². The number of hydrogen-bond acceptors (Lipinski definition) is 2. The summed E-state index contributed by atoms with van der Waals surface area (Å²) in [5.74, 6) is 1.18. The van der Waals surface area contributed by atoms with Crippen LogP contribution in [0.2, 0.25) is 0 Å². The molecule has 1 rings (SSSR count).